The lowest BCUT2D eigenvalue weighted by atomic mass is 10.1. The highest BCUT2D eigenvalue weighted by atomic mass is 127. The highest BCUT2D eigenvalue weighted by Crippen LogP contribution is 2.33. The highest BCUT2D eigenvalue weighted by molar-refractivity contribution is 14.1. The van der Waals surface area contributed by atoms with Crippen LogP contribution >= 0.6 is 22.6 Å². The third-order valence-electron chi connectivity index (χ3n) is 3.74. The smallest absolute Gasteiger partial charge is 0.330 e. The molecule has 0 radical (unpaired) electrons. The van der Waals surface area contributed by atoms with Gasteiger partial charge in [-0.3, -0.25) is 28.7 Å². The molecule has 29 heavy (non-hydrogen) atoms. The van der Waals surface area contributed by atoms with Crippen LogP contribution in [0.4, 0.5) is 0 Å². The van der Waals surface area contributed by atoms with Crippen LogP contribution < -0.4 is 11.2 Å². The summed E-state index contributed by atoms with van der Waals surface area (Å²) in [6.07, 6.45) is -3.00. The molecule has 4 atom stereocenters. The summed E-state index contributed by atoms with van der Waals surface area (Å²) in [5.41, 5.74) is -1.54. The number of esters is 3. The molecule has 11 nitrogen and oxygen atoms in total. The fraction of sp³-hybridized carbons (Fsp3) is 0.471. The molecule has 1 unspecified atom stereocenters. The number of aromatic nitrogens is 2. The van der Waals surface area contributed by atoms with Crippen molar-refractivity contribution in [1.29, 1.82) is 0 Å². The third kappa shape index (κ3) is 5.76. The number of carbonyl (C=O) groups is 3. The number of aromatic amines is 1. The van der Waals surface area contributed by atoms with Gasteiger partial charge in [0, 0.05) is 31.0 Å². The van der Waals surface area contributed by atoms with E-state index in [1.165, 1.54) is 10.2 Å². The Morgan fingerprint density at radius 1 is 1.21 bits per heavy atom. The minimum absolute atomic E-state index is 0.0666. The molecule has 1 saturated heterocycles. The van der Waals surface area contributed by atoms with E-state index in [9.17, 15) is 24.0 Å². The molecule has 0 saturated carbocycles. The van der Waals surface area contributed by atoms with Crippen molar-refractivity contribution in [1.82, 2.24) is 9.55 Å². The van der Waals surface area contributed by atoms with Gasteiger partial charge in [-0.05, 0) is 10.2 Å². The lowest BCUT2D eigenvalue weighted by Gasteiger charge is -2.24. The van der Waals surface area contributed by atoms with Crippen LogP contribution in [0.15, 0.2) is 19.9 Å². The standard InChI is InChI=1S/C17H19IN2O9/c1-8(21)26-7-12-13(27-9(2)22)14(28-10(3)23)16(29-12)20-6-11(4-5-18)15(24)19-17(20)25/h4-6,12-14,16H,7H2,1-3H3,(H,19,24,25)/t12-,13+,14-,16?/m1/s1/i1D,2D,3D. The molecule has 1 aromatic rings. The maximum Gasteiger partial charge on any atom is 0.330 e. The summed E-state index contributed by atoms with van der Waals surface area (Å²) in [6.45, 7) is -2.76. The molecule has 158 valence electrons. The quantitative estimate of drug-likeness (QED) is 0.315. The minimum atomic E-state index is -1.47. The molecule has 1 fully saturated rings. The predicted octanol–water partition coefficient (Wildman–Crippen LogP) is 0.266. The average Bonchev–Trinajstić information content (AvgIpc) is 3.10. The van der Waals surface area contributed by atoms with E-state index in [1.807, 2.05) is 22.6 Å². The van der Waals surface area contributed by atoms with Crippen LogP contribution in [0.2, 0.25) is 0 Å². The molecule has 1 aliphatic rings. The van der Waals surface area contributed by atoms with Crippen LogP contribution in [0.1, 0.15) is 36.6 Å². The normalized spacial score (nSPS) is 25.1. The lowest BCUT2D eigenvalue weighted by molar-refractivity contribution is -0.166. The van der Waals surface area contributed by atoms with Crippen LogP contribution in [-0.2, 0) is 33.3 Å². The summed E-state index contributed by atoms with van der Waals surface area (Å²) in [5, 5.41) is 0. The molecule has 0 aromatic carbocycles. The van der Waals surface area contributed by atoms with Crippen LogP contribution in [0.5, 0.6) is 0 Å². The van der Waals surface area contributed by atoms with Crippen molar-refractivity contribution in [3.05, 3.63) is 36.7 Å². The fourth-order valence-electron chi connectivity index (χ4n) is 2.69. The van der Waals surface area contributed by atoms with Gasteiger partial charge in [0.1, 0.15) is 12.7 Å². The Bertz CT molecular complexity index is 996. The van der Waals surface area contributed by atoms with Crippen LogP contribution in [0, 0.1) is 0 Å². The van der Waals surface area contributed by atoms with Gasteiger partial charge < -0.3 is 18.9 Å². The van der Waals surface area contributed by atoms with E-state index in [0.29, 0.717) is 0 Å². The van der Waals surface area contributed by atoms with Crippen molar-refractivity contribution < 1.29 is 37.4 Å². The van der Waals surface area contributed by atoms with Crippen molar-refractivity contribution in [2.75, 3.05) is 6.61 Å². The summed E-state index contributed by atoms with van der Waals surface area (Å²) in [4.78, 5) is 61.6. The zero-order chi connectivity index (χ0) is 23.8. The Balaban J connectivity index is 2.53. The third-order valence-corrected chi connectivity index (χ3v) is 4.10. The molecule has 2 heterocycles. The van der Waals surface area contributed by atoms with E-state index in [0.717, 1.165) is 10.8 Å². The van der Waals surface area contributed by atoms with E-state index in [2.05, 4.69) is 4.98 Å². The van der Waals surface area contributed by atoms with E-state index in [4.69, 9.17) is 23.1 Å². The van der Waals surface area contributed by atoms with Gasteiger partial charge in [-0.15, -0.1) is 0 Å². The zero-order valence-corrected chi connectivity index (χ0v) is 17.0. The second kappa shape index (κ2) is 9.82. The van der Waals surface area contributed by atoms with Crippen LogP contribution in [0.25, 0.3) is 6.08 Å². The molecular weight excluding hydrogens is 503 g/mol. The summed E-state index contributed by atoms with van der Waals surface area (Å²) in [5.74, 6) is -2.94. The Morgan fingerprint density at radius 2 is 1.86 bits per heavy atom. The van der Waals surface area contributed by atoms with E-state index >= 15 is 0 Å². The second-order valence-corrected chi connectivity index (χ2v) is 6.42. The van der Waals surface area contributed by atoms with Gasteiger partial charge >= 0.3 is 23.6 Å². The number of halogens is 1. The summed E-state index contributed by atoms with van der Waals surface area (Å²) in [6, 6.07) is 0. The van der Waals surface area contributed by atoms with Crippen LogP contribution in [-0.4, -0.2) is 52.4 Å². The van der Waals surface area contributed by atoms with E-state index < -0.39 is 81.0 Å². The average molecular weight is 525 g/mol. The Hall–Kier alpha value is -2.48. The molecule has 0 bridgehead atoms. The first kappa shape index (κ1) is 18.5. The monoisotopic (exact) mass is 525 g/mol. The largest absolute Gasteiger partial charge is 0.463 e. The molecule has 1 aromatic heterocycles. The molecule has 0 aliphatic carbocycles. The Kier molecular flexibility index (Phi) is 6.28. The minimum Gasteiger partial charge on any atom is -0.463 e. The number of rotatable bonds is 6. The van der Waals surface area contributed by atoms with Crippen LogP contribution in [0.3, 0.4) is 0 Å². The first-order valence-corrected chi connectivity index (χ1v) is 9.20. The fourth-order valence-corrected chi connectivity index (χ4v) is 3.08. The van der Waals surface area contributed by atoms with Crippen molar-refractivity contribution >= 4 is 46.6 Å². The van der Waals surface area contributed by atoms with Crippen molar-refractivity contribution in [2.24, 2.45) is 0 Å². The SMILES string of the molecule is [2H]CC(=O)OC[C@H]1OC(n2cc(C=CI)c(=O)[nH]c2=O)[C@H](OC(=O)C[2H])[C@H]1OC(=O)C[2H]. The van der Waals surface area contributed by atoms with Gasteiger partial charge in [-0.2, -0.15) is 0 Å². The molecule has 2 rings (SSSR count). The van der Waals surface area contributed by atoms with Crippen molar-refractivity contribution in [3.63, 3.8) is 0 Å². The molecule has 12 heteroatoms. The van der Waals surface area contributed by atoms with Crippen molar-refractivity contribution in [2.45, 2.75) is 45.2 Å². The Labute approximate surface area is 182 Å². The van der Waals surface area contributed by atoms with Gasteiger partial charge in [-0.25, -0.2) is 4.79 Å². The number of hydrogen-bond acceptors (Lipinski definition) is 9. The number of carbonyl (C=O) groups excluding carboxylic acids is 3. The maximum absolute atomic E-state index is 12.5. The van der Waals surface area contributed by atoms with Gasteiger partial charge in [0.05, 0.1) is 5.56 Å². The summed E-state index contributed by atoms with van der Waals surface area (Å²) in [7, 11) is 0. The number of hydrogen-bond donors (Lipinski definition) is 1. The van der Waals surface area contributed by atoms with E-state index in [-0.39, 0.29) is 5.56 Å². The molecule has 0 spiro atoms. The van der Waals surface area contributed by atoms with Gasteiger partial charge in [0.15, 0.2) is 18.4 Å². The van der Waals surface area contributed by atoms with Crippen molar-refractivity contribution in [3.8, 4) is 0 Å². The first-order chi connectivity index (χ1) is 15.2. The maximum atomic E-state index is 12.5. The zero-order valence-electron chi connectivity index (χ0n) is 17.9. The molecular formula is C17H19IN2O9. The highest BCUT2D eigenvalue weighted by Gasteiger charge is 2.51. The van der Waals surface area contributed by atoms with E-state index in [1.54, 1.807) is 0 Å². The number of ether oxygens (including phenoxy) is 4. The molecule has 1 aliphatic heterocycles. The van der Waals surface area contributed by atoms with Gasteiger partial charge in [0.2, 0.25) is 0 Å². The topological polar surface area (TPSA) is 143 Å². The number of nitrogens with one attached hydrogen (secondary N) is 1. The summed E-state index contributed by atoms with van der Waals surface area (Å²) >= 11 is 1.86. The predicted molar refractivity (Wildman–Crippen MR) is 106 cm³/mol. The second-order valence-electron chi connectivity index (χ2n) is 5.70. The lowest BCUT2D eigenvalue weighted by Crippen LogP contribution is -2.42. The van der Waals surface area contributed by atoms with Gasteiger partial charge in [0.25, 0.3) is 5.56 Å². The molecule has 0 amide bonds. The Morgan fingerprint density at radius 3 is 2.48 bits per heavy atom. The number of nitrogens with zero attached hydrogens (tertiary/aromatic N) is 1. The summed E-state index contributed by atoms with van der Waals surface area (Å²) < 4.78 is 44.7. The molecule has 1 N–H and O–H groups in total. The first-order valence-electron chi connectivity index (χ1n) is 10.1. The van der Waals surface area contributed by atoms with Gasteiger partial charge in [-0.1, -0.05) is 22.6 Å². The number of H-pyrrole nitrogens is 1.